The van der Waals surface area contributed by atoms with E-state index in [0.29, 0.717) is 17.1 Å². The van der Waals surface area contributed by atoms with Crippen LogP contribution < -0.4 is 15.4 Å². The summed E-state index contributed by atoms with van der Waals surface area (Å²) in [5, 5.41) is 15.0. The molecule has 5 heteroatoms. The van der Waals surface area contributed by atoms with E-state index in [1.165, 1.54) is 0 Å². The largest absolute Gasteiger partial charge is 0.495 e. The van der Waals surface area contributed by atoms with Gasteiger partial charge < -0.3 is 20.5 Å². The van der Waals surface area contributed by atoms with Crippen molar-refractivity contribution in [3.05, 3.63) is 54.1 Å². The normalized spacial score (nSPS) is 11.6. The maximum absolute atomic E-state index is 12.0. The lowest BCUT2D eigenvalue weighted by atomic mass is 10.1. The van der Waals surface area contributed by atoms with Crippen LogP contribution in [-0.2, 0) is 0 Å². The zero-order valence-corrected chi connectivity index (χ0v) is 12.0. The summed E-state index contributed by atoms with van der Waals surface area (Å²) in [6.45, 7) is 1.67. The third-order valence-electron chi connectivity index (χ3n) is 2.98. The molecule has 1 atom stereocenters. The van der Waals surface area contributed by atoms with Crippen molar-refractivity contribution in [2.45, 2.75) is 13.0 Å². The van der Waals surface area contributed by atoms with E-state index < -0.39 is 6.10 Å². The highest BCUT2D eigenvalue weighted by atomic mass is 16.5. The number of hydrogen-bond donors (Lipinski definition) is 3. The average Bonchev–Trinajstić information content (AvgIpc) is 2.48. The SMILES string of the molecule is COc1ccccc1NC(=O)Nc1cccc(C(C)O)c1. The third kappa shape index (κ3) is 3.97. The van der Waals surface area contributed by atoms with Crippen molar-refractivity contribution in [2.75, 3.05) is 17.7 Å². The molecule has 110 valence electrons. The van der Waals surface area contributed by atoms with Gasteiger partial charge in [-0.25, -0.2) is 4.79 Å². The van der Waals surface area contributed by atoms with Gasteiger partial charge in [-0.15, -0.1) is 0 Å². The number of aliphatic hydroxyl groups is 1. The van der Waals surface area contributed by atoms with Gasteiger partial charge in [-0.3, -0.25) is 0 Å². The number of anilines is 2. The molecule has 21 heavy (non-hydrogen) atoms. The lowest BCUT2D eigenvalue weighted by Gasteiger charge is -2.12. The number of amides is 2. The Morgan fingerprint density at radius 2 is 1.90 bits per heavy atom. The van der Waals surface area contributed by atoms with E-state index in [1.807, 2.05) is 12.1 Å². The first-order valence-electron chi connectivity index (χ1n) is 6.59. The Kier molecular flexibility index (Phi) is 4.79. The minimum absolute atomic E-state index is 0.373. The van der Waals surface area contributed by atoms with Gasteiger partial charge in [0.1, 0.15) is 5.75 Å². The van der Waals surface area contributed by atoms with Gasteiger partial charge in [-0.1, -0.05) is 24.3 Å². The number of rotatable bonds is 4. The number of carbonyl (C=O) groups is 1. The molecule has 0 fully saturated rings. The summed E-state index contributed by atoms with van der Waals surface area (Å²) >= 11 is 0. The molecular formula is C16H18N2O3. The van der Waals surface area contributed by atoms with Crippen molar-refractivity contribution in [1.82, 2.24) is 0 Å². The summed E-state index contributed by atoms with van der Waals surface area (Å²) in [6, 6.07) is 13.9. The van der Waals surface area contributed by atoms with Crippen molar-refractivity contribution in [3.8, 4) is 5.75 Å². The molecule has 3 N–H and O–H groups in total. The molecule has 0 bridgehead atoms. The molecule has 2 amide bonds. The quantitative estimate of drug-likeness (QED) is 0.806. The van der Waals surface area contributed by atoms with E-state index >= 15 is 0 Å². The van der Waals surface area contributed by atoms with Crippen LogP contribution in [0.5, 0.6) is 5.75 Å². The zero-order chi connectivity index (χ0) is 15.2. The minimum Gasteiger partial charge on any atom is -0.495 e. The van der Waals surface area contributed by atoms with Gasteiger partial charge in [-0.05, 0) is 36.8 Å². The highest BCUT2D eigenvalue weighted by Gasteiger charge is 2.08. The minimum atomic E-state index is -0.580. The first-order valence-corrected chi connectivity index (χ1v) is 6.59. The highest BCUT2D eigenvalue weighted by Crippen LogP contribution is 2.23. The zero-order valence-electron chi connectivity index (χ0n) is 12.0. The fourth-order valence-electron chi connectivity index (χ4n) is 1.91. The highest BCUT2D eigenvalue weighted by molar-refractivity contribution is 6.00. The molecule has 2 aromatic carbocycles. The Hall–Kier alpha value is -2.53. The smallest absolute Gasteiger partial charge is 0.323 e. The Morgan fingerprint density at radius 1 is 1.14 bits per heavy atom. The number of carbonyl (C=O) groups excluding carboxylic acids is 1. The van der Waals surface area contributed by atoms with Gasteiger partial charge >= 0.3 is 6.03 Å². The van der Waals surface area contributed by atoms with Crippen LogP contribution in [0.15, 0.2) is 48.5 Å². The van der Waals surface area contributed by atoms with Gasteiger partial charge in [0.15, 0.2) is 0 Å². The molecule has 0 radical (unpaired) electrons. The van der Waals surface area contributed by atoms with Crippen molar-refractivity contribution in [3.63, 3.8) is 0 Å². The van der Waals surface area contributed by atoms with Crippen molar-refractivity contribution in [1.29, 1.82) is 0 Å². The molecule has 2 aromatic rings. The molecule has 0 spiro atoms. The standard InChI is InChI=1S/C16H18N2O3/c1-11(19)12-6-5-7-13(10-12)17-16(20)18-14-8-3-4-9-15(14)21-2/h3-11,19H,1-2H3,(H2,17,18,20). The molecule has 5 nitrogen and oxygen atoms in total. The molecule has 0 aliphatic carbocycles. The number of methoxy groups -OCH3 is 1. The summed E-state index contributed by atoms with van der Waals surface area (Å²) in [6.07, 6.45) is -0.580. The second-order valence-corrected chi connectivity index (χ2v) is 4.58. The molecular weight excluding hydrogens is 268 g/mol. The van der Waals surface area contributed by atoms with Crippen molar-refractivity contribution in [2.24, 2.45) is 0 Å². The second-order valence-electron chi connectivity index (χ2n) is 4.58. The van der Waals surface area contributed by atoms with Gasteiger partial charge in [-0.2, -0.15) is 0 Å². The average molecular weight is 286 g/mol. The summed E-state index contributed by atoms with van der Waals surface area (Å²) in [4.78, 5) is 12.0. The Morgan fingerprint density at radius 3 is 2.62 bits per heavy atom. The van der Waals surface area contributed by atoms with Crippen LogP contribution in [0.2, 0.25) is 0 Å². The molecule has 0 saturated carbocycles. The van der Waals surface area contributed by atoms with E-state index in [1.54, 1.807) is 50.4 Å². The maximum atomic E-state index is 12.0. The van der Waals surface area contributed by atoms with E-state index in [4.69, 9.17) is 4.74 Å². The molecule has 0 saturated heterocycles. The van der Waals surface area contributed by atoms with Crippen LogP contribution in [0.25, 0.3) is 0 Å². The van der Waals surface area contributed by atoms with Gasteiger partial charge in [0, 0.05) is 5.69 Å². The van der Waals surface area contributed by atoms with Crippen LogP contribution in [0.1, 0.15) is 18.6 Å². The van der Waals surface area contributed by atoms with Crippen LogP contribution in [0.4, 0.5) is 16.2 Å². The second kappa shape index (κ2) is 6.76. The predicted molar refractivity (Wildman–Crippen MR) is 82.7 cm³/mol. The van der Waals surface area contributed by atoms with E-state index in [-0.39, 0.29) is 6.03 Å². The first kappa shape index (κ1) is 14.9. The van der Waals surface area contributed by atoms with Crippen LogP contribution in [0.3, 0.4) is 0 Å². The van der Waals surface area contributed by atoms with Gasteiger partial charge in [0.05, 0.1) is 18.9 Å². The topological polar surface area (TPSA) is 70.6 Å². The van der Waals surface area contributed by atoms with Crippen molar-refractivity contribution < 1.29 is 14.6 Å². The number of hydrogen-bond acceptors (Lipinski definition) is 3. The molecule has 0 heterocycles. The molecule has 1 unspecified atom stereocenters. The lowest BCUT2D eigenvalue weighted by Crippen LogP contribution is -2.19. The summed E-state index contributed by atoms with van der Waals surface area (Å²) < 4.78 is 5.17. The van der Waals surface area contributed by atoms with Gasteiger partial charge in [0.2, 0.25) is 0 Å². The number of aliphatic hydroxyl groups excluding tert-OH is 1. The Labute approximate surface area is 123 Å². The fourth-order valence-corrected chi connectivity index (χ4v) is 1.91. The fraction of sp³-hybridized carbons (Fsp3) is 0.188. The summed E-state index contributed by atoms with van der Waals surface area (Å²) in [7, 11) is 1.55. The Balaban J connectivity index is 2.06. The van der Waals surface area contributed by atoms with E-state index in [9.17, 15) is 9.90 Å². The number of urea groups is 1. The molecule has 0 aliphatic rings. The van der Waals surface area contributed by atoms with Crippen LogP contribution in [0, 0.1) is 0 Å². The van der Waals surface area contributed by atoms with E-state index in [0.717, 1.165) is 5.56 Å². The number of benzene rings is 2. The van der Waals surface area contributed by atoms with Crippen molar-refractivity contribution >= 4 is 17.4 Å². The Bertz CT molecular complexity index is 626. The number of para-hydroxylation sites is 2. The molecule has 2 rings (SSSR count). The molecule has 0 aliphatic heterocycles. The maximum Gasteiger partial charge on any atom is 0.323 e. The van der Waals surface area contributed by atoms with E-state index in [2.05, 4.69) is 10.6 Å². The van der Waals surface area contributed by atoms with Gasteiger partial charge in [0.25, 0.3) is 0 Å². The lowest BCUT2D eigenvalue weighted by molar-refractivity contribution is 0.199. The number of nitrogens with one attached hydrogen (secondary N) is 2. The summed E-state index contributed by atoms with van der Waals surface area (Å²) in [5.74, 6) is 0.588. The third-order valence-corrected chi connectivity index (χ3v) is 2.98. The number of ether oxygens (including phenoxy) is 1. The summed E-state index contributed by atoms with van der Waals surface area (Å²) in [5.41, 5.74) is 1.94. The monoisotopic (exact) mass is 286 g/mol. The molecule has 0 aromatic heterocycles. The predicted octanol–water partition coefficient (Wildman–Crippen LogP) is 3.39. The van der Waals surface area contributed by atoms with Crippen LogP contribution in [-0.4, -0.2) is 18.2 Å². The van der Waals surface area contributed by atoms with Crippen LogP contribution >= 0.6 is 0 Å². The first-order chi connectivity index (χ1) is 10.1.